The molecule has 1 aromatic carbocycles. The number of sulfonamides is 1. The van der Waals surface area contributed by atoms with Gasteiger partial charge in [0.1, 0.15) is 0 Å². The van der Waals surface area contributed by atoms with Crippen LogP contribution in [-0.2, 0) is 23.1 Å². The van der Waals surface area contributed by atoms with Crippen molar-refractivity contribution in [1.29, 1.82) is 0 Å². The number of nitrogens with one attached hydrogen (secondary N) is 2. The summed E-state index contributed by atoms with van der Waals surface area (Å²) in [6.45, 7) is 2.78. The standard InChI is InChI=1S/C14H17BrN2O2S2/c1-10-14(7-13(20-10)9-16-2)21(18,19)17-8-11-4-3-5-12(15)6-11/h3-7,16-17H,8-9H2,1-2H3. The molecule has 0 aliphatic rings. The van der Waals surface area contributed by atoms with E-state index < -0.39 is 10.0 Å². The van der Waals surface area contributed by atoms with E-state index in [4.69, 9.17) is 0 Å². The molecule has 0 bridgehead atoms. The zero-order valence-corrected chi connectivity index (χ0v) is 15.0. The number of benzene rings is 1. The Labute approximate surface area is 137 Å². The molecule has 1 heterocycles. The molecule has 0 radical (unpaired) electrons. The van der Waals surface area contributed by atoms with Crippen LogP contribution in [0.4, 0.5) is 0 Å². The number of hydrogen-bond donors (Lipinski definition) is 2. The fourth-order valence-electron chi connectivity index (χ4n) is 1.96. The summed E-state index contributed by atoms with van der Waals surface area (Å²) in [6.07, 6.45) is 0. The molecule has 0 unspecified atom stereocenters. The minimum Gasteiger partial charge on any atom is -0.315 e. The number of aryl methyl sites for hydroxylation is 1. The molecular formula is C14H17BrN2O2S2. The van der Waals surface area contributed by atoms with Crippen molar-refractivity contribution in [1.82, 2.24) is 10.0 Å². The molecule has 0 spiro atoms. The maximum Gasteiger partial charge on any atom is 0.241 e. The highest BCUT2D eigenvalue weighted by atomic mass is 79.9. The minimum absolute atomic E-state index is 0.276. The van der Waals surface area contributed by atoms with E-state index in [1.54, 1.807) is 6.07 Å². The Morgan fingerprint density at radius 1 is 1.24 bits per heavy atom. The van der Waals surface area contributed by atoms with Crippen molar-refractivity contribution in [2.24, 2.45) is 0 Å². The van der Waals surface area contributed by atoms with Crippen LogP contribution in [0.1, 0.15) is 15.3 Å². The van der Waals surface area contributed by atoms with E-state index >= 15 is 0 Å². The van der Waals surface area contributed by atoms with Crippen LogP contribution >= 0.6 is 27.3 Å². The van der Waals surface area contributed by atoms with E-state index in [0.29, 0.717) is 11.4 Å². The van der Waals surface area contributed by atoms with E-state index in [-0.39, 0.29) is 6.54 Å². The predicted octanol–water partition coefficient (Wildman–Crippen LogP) is 3.02. The highest BCUT2D eigenvalue weighted by Gasteiger charge is 2.19. The first kappa shape index (κ1) is 16.6. The van der Waals surface area contributed by atoms with Crippen molar-refractivity contribution >= 4 is 37.3 Å². The first-order valence-corrected chi connectivity index (χ1v) is 9.49. The van der Waals surface area contributed by atoms with Crippen molar-refractivity contribution < 1.29 is 8.42 Å². The molecule has 0 aliphatic carbocycles. The lowest BCUT2D eigenvalue weighted by Crippen LogP contribution is -2.23. The molecule has 0 saturated carbocycles. The Morgan fingerprint density at radius 2 is 2.00 bits per heavy atom. The second-order valence-electron chi connectivity index (χ2n) is 4.62. The lowest BCUT2D eigenvalue weighted by atomic mass is 10.2. The molecule has 0 fully saturated rings. The smallest absolute Gasteiger partial charge is 0.241 e. The molecule has 0 atom stereocenters. The van der Waals surface area contributed by atoms with Crippen LogP contribution in [0.25, 0.3) is 0 Å². The van der Waals surface area contributed by atoms with Crippen LogP contribution in [0.15, 0.2) is 39.7 Å². The molecule has 0 amide bonds. The lowest BCUT2D eigenvalue weighted by molar-refractivity contribution is 0.581. The summed E-state index contributed by atoms with van der Waals surface area (Å²) in [7, 11) is -1.64. The van der Waals surface area contributed by atoms with Gasteiger partial charge in [0.05, 0.1) is 4.90 Å². The van der Waals surface area contributed by atoms with Crippen LogP contribution in [0.2, 0.25) is 0 Å². The third-order valence-electron chi connectivity index (χ3n) is 2.92. The maximum atomic E-state index is 12.4. The van der Waals surface area contributed by atoms with Crippen molar-refractivity contribution in [3.63, 3.8) is 0 Å². The number of rotatable bonds is 6. The molecule has 0 aliphatic heterocycles. The van der Waals surface area contributed by atoms with Crippen molar-refractivity contribution in [2.75, 3.05) is 7.05 Å². The van der Waals surface area contributed by atoms with Gasteiger partial charge in [0.2, 0.25) is 10.0 Å². The van der Waals surface area contributed by atoms with Gasteiger partial charge in [-0.1, -0.05) is 28.1 Å². The summed E-state index contributed by atoms with van der Waals surface area (Å²) >= 11 is 4.88. The fourth-order valence-corrected chi connectivity index (χ4v) is 5.06. The second kappa shape index (κ2) is 7.02. The molecular weight excluding hydrogens is 372 g/mol. The van der Waals surface area contributed by atoms with Crippen molar-refractivity contribution in [2.45, 2.75) is 24.9 Å². The molecule has 4 nitrogen and oxygen atoms in total. The van der Waals surface area contributed by atoms with E-state index in [0.717, 1.165) is 19.8 Å². The maximum absolute atomic E-state index is 12.4. The Kier molecular flexibility index (Phi) is 5.56. The average molecular weight is 389 g/mol. The molecule has 0 saturated heterocycles. The van der Waals surface area contributed by atoms with Crippen LogP contribution in [-0.4, -0.2) is 15.5 Å². The summed E-state index contributed by atoms with van der Waals surface area (Å²) in [6, 6.07) is 9.31. The summed E-state index contributed by atoms with van der Waals surface area (Å²) in [4.78, 5) is 2.19. The van der Waals surface area contributed by atoms with E-state index in [9.17, 15) is 8.42 Å². The van der Waals surface area contributed by atoms with E-state index in [2.05, 4.69) is 26.0 Å². The SMILES string of the molecule is CNCc1cc(S(=O)(=O)NCc2cccc(Br)c2)c(C)s1. The molecule has 2 aromatic rings. The molecule has 2 N–H and O–H groups in total. The predicted molar refractivity (Wildman–Crippen MR) is 90.0 cm³/mol. The van der Waals surface area contributed by atoms with Crippen LogP contribution in [0.3, 0.4) is 0 Å². The number of halogens is 1. The zero-order chi connectivity index (χ0) is 15.5. The summed E-state index contributed by atoms with van der Waals surface area (Å²) in [5.41, 5.74) is 0.913. The first-order valence-electron chi connectivity index (χ1n) is 6.40. The van der Waals surface area contributed by atoms with E-state index in [1.165, 1.54) is 11.3 Å². The highest BCUT2D eigenvalue weighted by Crippen LogP contribution is 2.25. The summed E-state index contributed by atoms with van der Waals surface area (Å²) < 4.78 is 28.4. The second-order valence-corrected chi connectivity index (χ2v) is 8.61. The van der Waals surface area contributed by atoms with Gasteiger partial charge in [-0.15, -0.1) is 11.3 Å². The monoisotopic (exact) mass is 388 g/mol. The molecule has 7 heteroatoms. The van der Waals surface area contributed by atoms with Gasteiger partial charge in [-0.2, -0.15) is 0 Å². The lowest BCUT2D eigenvalue weighted by Gasteiger charge is -2.06. The Morgan fingerprint density at radius 3 is 2.67 bits per heavy atom. The van der Waals surface area contributed by atoms with Gasteiger partial charge < -0.3 is 5.32 Å². The van der Waals surface area contributed by atoms with Gasteiger partial charge in [0.25, 0.3) is 0 Å². The number of hydrogen-bond acceptors (Lipinski definition) is 4. The van der Waals surface area contributed by atoms with Crippen molar-refractivity contribution in [3.05, 3.63) is 50.1 Å². The molecule has 1 aromatic heterocycles. The summed E-state index contributed by atoms with van der Waals surface area (Å²) in [5.74, 6) is 0. The topological polar surface area (TPSA) is 58.2 Å². The minimum atomic E-state index is -3.48. The van der Waals surface area contributed by atoms with Crippen LogP contribution in [0.5, 0.6) is 0 Å². The highest BCUT2D eigenvalue weighted by molar-refractivity contribution is 9.10. The van der Waals surface area contributed by atoms with Crippen LogP contribution < -0.4 is 10.0 Å². The Hall–Kier alpha value is -0.730. The first-order chi connectivity index (χ1) is 9.92. The van der Waals surface area contributed by atoms with Gasteiger partial charge in [-0.3, -0.25) is 0 Å². The Balaban J connectivity index is 2.15. The molecule has 2 rings (SSSR count). The fraction of sp³-hybridized carbons (Fsp3) is 0.286. The van der Waals surface area contributed by atoms with Gasteiger partial charge in [0.15, 0.2) is 0 Å². The average Bonchev–Trinajstić information content (AvgIpc) is 2.79. The Bertz CT molecular complexity index is 726. The van der Waals surface area contributed by atoms with Gasteiger partial charge >= 0.3 is 0 Å². The third-order valence-corrected chi connectivity index (χ3v) is 6.12. The van der Waals surface area contributed by atoms with E-state index in [1.807, 2.05) is 38.2 Å². The third kappa shape index (κ3) is 4.37. The zero-order valence-electron chi connectivity index (χ0n) is 11.8. The van der Waals surface area contributed by atoms with Gasteiger partial charge in [-0.05, 0) is 37.7 Å². The largest absolute Gasteiger partial charge is 0.315 e. The number of thiophene rings is 1. The molecule has 114 valence electrons. The van der Waals surface area contributed by atoms with Gasteiger partial charge in [0, 0.05) is 27.3 Å². The van der Waals surface area contributed by atoms with Gasteiger partial charge in [-0.25, -0.2) is 13.1 Å². The van der Waals surface area contributed by atoms with Crippen LogP contribution in [0, 0.1) is 6.92 Å². The van der Waals surface area contributed by atoms with Crippen molar-refractivity contribution in [3.8, 4) is 0 Å². The normalized spacial score (nSPS) is 11.8. The molecule has 21 heavy (non-hydrogen) atoms. The quantitative estimate of drug-likeness (QED) is 0.799. The summed E-state index contributed by atoms with van der Waals surface area (Å²) in [5, 5.41) is 3.03.